The number of ketones is 1. The van der Waals surface area contributed by atoms with Crippen molar-refractivity contribution in [2.75, 3.05) is 46.9 Å². The SMILES string of the molecule is CCOC(=O)CC(=O)CN(C)CC1CCN(C)C1. The summed E-state index contributed by atoms with van der Waals surface area (Å²) in [5, 5.41) is 0. The molecule has 5 nitrogen and oxygen atoms in total. The average molecular weight is 256 g/mol. The minimum absolute atomic E-state index is 0.0673. The van der Waals surface area contributed by atoms with E-state index in [1.807, 2.05) is 11.9 Å². The predicted octanol–water partition coefficient (Wildman–Crippen LogP) is 0.392. The normalized spacial score (nSPS) is 20.3. The Labute approximate surface area is 109 Å². The molecule has 0 N–H and O–H groups in total. The molecule has 0 aromatic heterocycles. The lowest BCUT2D eigenvalue weighted by Crippen LogP contribution is -2.32. The van der Waals surface area contributed by atoms with Crippen molar-refractivity contribution < 1.29 is 14.3 Å². The highest BCUT2D eigenvalue weighted by Crippen LogP contribution is 2.14. The van der Waals surface area contributed by atoms with E-state index >= 15 is 0 Å². The molecule has 18 heavy (non-hydrogen) atoms. The van der Waals surface area contributed by atoms with Gasteiger partial charge in [0, 0.05) is 13.1 Å². The first-order chi connectivity index (χ1) is 8.51. The van der Waals surface area contributed by atoms with Gasteiger partial charge in [0.25, 0.3) is 0 Å². The molecule has 0 aromatic carbocycles. The Morgan fingerprint density at radius 2 is 2.17 bits per heavy atom. The standard InChI is InChI=1S/C13H24N2O3/c1-4-18-13(17)7-12(16)10-15(3)9-11-5-6-14(2)8-11/h11H,4-10H2,1-3H3. The van der Waals surface area contributed by atoms with Gasteiger partial charge in [-0.25, -0.2) is 0 Å². The van der Waals surface area contributed by atoms with Crippen molar-refractivity contribution >= 4 is 11.8 Å². The Balaban J connectivity index is 2.20. The molecule has 1 heterocycles. The molecule has 1 aliphatic rings. The minimum atomic E-state index is -0.420. The third-order valence-electron chi connectivity index (χ3n) is 3.15. The Hall–Kier alpha value is -0.940. The fraction of sp³-hybridized carbons (Fsp3) is 0.846. The summed E-state index contributed by atoms with van der Waals surface area (Å²) in [7, 11) is 4.05. The number of esters is 1. The fourth-order valence-corrected chi connectivity index (χ4v) is 2.41. The molecule has 1 aliphatic heterocycles. The molecule has 104 valence electrons. The van der Waals surface area contributed by atoms with Gasteiger partial charge in [-0.05, 0) is 39.9 Å². The molecule has 0 aromatic rings. The summed E-state index contributed by atoms with van der Waals surface area (Å²) >= 11 is 0. The molecule has 1 fully saturated rings. The van der Waals surface area contributed by atoms with Gasteiger partial charge in [-0.2, -0.15) is 0 Å². The van der Waals surface area contributed by atoms with E-state index in [0.29, 0.717) is 19.1 Å². The molecular formula is C13H24N2O3. The highest BCUT2D eigenvalue weighted by molar-refractivity contribution is 5.96. The smallest absolute Gasteiger partial charge is 0.313 e. The van der Waals surface area contributed by atoms with Crippen LogP contribution in [0.3, 0.4) is 0 Å². The predicted molar refractivity (Wildman–Crippen MR) is 69.4 cm³/mol. The highest BCUT2D eigenvalue weighted by Gasteiger charge is 2.21. The molecule has 5 heteroatoms. The molecule has 1 atom stereocenters. The first-order valence-electron chi connectivity index (χ1n) is 6.55. The second-order valence-electron chi connectivity index (χ2n) is 5.13. The number of carbonyl (C=O) groups is 2. The Kier molecular flexibility index (Phi) is 6.29. The van der Waals surface area contributed by atoms with Crippen molar-refractivity contribution in [3.8, 4) is 0 Å². The van der Waals surface area contributed by atoms with Gasteiger partial charge in [0.15, 0.2) is 5.78 Å². The van der Waals surface area contributed by atoms with Crippen molar-refractivity contribution in [3.05, 3.63) is 0 Å². The number of ether oxygens (including phenoxy) is 1. The van der Waals surface area contributed by atoms with Crippen LogP contribution in [-0.4, -0.2) is 68.4 Å². The summed E-state index contributed by atoms with van der Waals surface area (Å²) in [5.41, 5.74) is 0. The molecule has 0 aliphatic carbocycles. The first kappa shape index (κ1) is 15.1. The lowest BCUT2D eigenvalue weighted by Gasteiger charge is -2.19. The first-order valence-corrected chi connectivity index (χ1v) is 6.55. The van der Waals surface area contributed by atoms with E-state index in [1.165, 1.54) is 6.42 Å². The maximum atomic E-state index is 11.6. The number of carbonyl (C=O) groups excluding carboxylic acids is 2. The number of Topliss-reactive ketones (excluding diaryl/α,β-unsaturated/α-hetero) is 1. The molecule has 0 radical (unpaired) electrons. The van der Waals surface area contributed by atoms with Gasteiger partial charge in [0.1, 0.15) is 6.42 Å². The topological polar surface area (TPSA) is 49.9 Å². The number of likely N-dealkylation sites (N-methyl/N-ethyl adjacent to an activating group) is 1. The van der Waals surface area contributed by atoms with E-state index in [4.69, 9.17) is 4.74 Å². The number of nitrogens with zero attached hydrogens (tertiary/aromatic N) is 2. The monoisotopic (exact) mass is 256 g/mol. The molecule has 1 unspecified atom stereocenters. The van der Waals surface area contributed by atoms with Gasteiger partial charge < -0.3 is 9.64 Å². The van der Waals surface area contributed by atoms with Gasteiger partial charge >= 0.3 is 5.97 Å². The lowest BCUT2D eigenvalue weighted by atomic mass is 10.1. The maximum Gasteiger partial charge on any atom is 0.313 e. The van der Waals surface area contributed by atoms with Crippen molar-refractivity contribution in [1.29, 1.82) is 0 Å². The van der Waals surface area contributed by atoms with E-state index in [1.54, 1.807) is 6.92 Å². The van der Waals surface area contributed by atoms with E-state index in [0.717, 1.165) is 19.6 Å². The van der Waals surface area contributed by atoms with E-state index < -0.39 is 5.97 Å². The zero-order chi connectivity index (χ0) is 13.5. The van der Waals surface area contributed by atoms with Crippen LogP contribution in [0, 0.1) is 5.92 Å². The van der Waals surface area contributed by atoms with Crippen LogP contribution in [0.15, 0.2) is 0 Å². The quantitative estimate of drug-likeness (QED) is 0.487. The second kappa shape index (κ2) is 7.48. The van der Waals surface area contributed by atoms with Crippen LogP contribution in [0.1, 0.15) is 19.8 Å². The Morgan fingerprint density at radius 3 is 2.72 bits per heavy atom. The minimum Gasteiger partial charge on any atom is -0.466 e. The second-order valence-corrected chi connectivity index (χ2v) is 5.13. The maximum absolute atomic E-state index is 11.6. The highest BCUT2D eigenvalue weighted by atomic mass is 16.5. The molecular weight excluding hydrogens is 232 g/mol. The van der Waals surface area contributed by atoms with E-state index in [-0.39, 0.29) is 12.2 Å². The largest absolute Gasteiger partial charge is 0.466 e. The number of rotatable bonds is 7. The summed E-state index contributed by atoms with van der Waals surface area (Å²) in [6, 6.07) is 0. The summed E-state index contributed by atoms with van der Waals surface area (Å²) in [5.74, 6) is 0.147. The molecule has 0 bridgehead atoms. The van der Waals surface area contributed by atoms with Gasteiger partial charge in [0.05, 0.1) is 13.2 Å². The molecule has 1 saturated heterocycles. The van der Waals surface area contributed by atoms with Gasteiger partial charge in [-0.15, -0.1) is 0 Å². The molecule has 1 rings (SSSR count). The summed E-state index contributed by atoms with van der Waals surface area (Å²) in [4.78, 5) is 27.1. The van der Waals surface area contributed by atoms with Gasteiger partial charge in [-0.1, -0.05) is 0 Å². The molecule has 0 amide bonds. The lowest BCUT2D eigenvalue weighted by molar-refractivity contribution is -0.145. The van der Waals surface area contributed by atoms with Crippen LogP contribution in [-0.2, 0) is 14.3 Å². The summed E-state index contributed by atoms with van der Waals surface area (Å²) in [6.45, 7) is 5.55. The number of hydrogen-bond donors (Lipinski definition) is 0. The van der Waals surface area contributed by atoms with Gasteiger partial charge in [0.2, 0.25) is 0 Å². The third-order valence-corrected chi connectivity index (χ3v) is 3.15. The summed E-state index contributed by atoms with van der Waals surface area (Å²) in [6.07, 6.45) is 1.08. The van der Waals surface area contributed by atoms with E-state index in [9.17, 15) is 9.59 Å². The van der Waals surface area contributed by atoms with Crippen LogP contribution in [0.5, 0.6) is 0 Å². The number of hydrogen-bond acceptors (Lipinski definition) is 5. The van der Waals surface area contributed by atoms with Crippen LogP contribution in [0.4, 0.5) is 0 Å². The third kappa shape index (κ3) is 5.60. The van der Waals surface area contributed by atoms with Crippen molar-refractivity contribution in [3.63, 3.8) is 0 Å². The van der Waals surface area contributed by atoms with E-state index in [2.05, 4.69) is 11.9 Å². The Morgan fingerprint density at radius 1 is 1.44 bits per heavy atom. The van der Waals surface area contributed by atoms with Crippen LogP contribution < -0.4 is 0 Å². The molecule has 0 spiro atoms. The fourth-order valence-electron chi connectivity index (χ4n) is 2.41. The van der Waals surface area contributed by atoms with Crippen LogP contribution in [0.25, 0.3) is 0 Å². The van der Waals surface area contributed by atoms with Crippen LogP contribution in [0.2, 0.25) is 0 Å². The average Bonchev–Trinajstić information content (AvgIpc) is 2.63. The van der Waals surface area contributed by atoms with Crippen molar-refractivity contribution in [2.45, 2.75) is 19.8 Å². The van der Waals surface area contributed by atoms with Crippen molar-refractivity contribution in [2.24, 2.45) is 5.92 Å². The summed E-state index contributed by atoms with van der Waals surface area (Å²) < 4.78 is 4.76. The van der Waals surface area contributed by atoms with Crippen LogP contribution >= 0.6 is 0 Å². The Bertz CT molecular complexity index is 294. The molecule has 0 saturated carbocycles. The van der Waals surface area contributed by atoms with Gasteiger partial charge in [-0.3, -0.25) is 14.5 Å². The zero-order valence-electron chi connectivity index (χ0n) is 11.6. The van der Waals surface area contributed by atoms with Crippen molar-refractivity contribution in [1.82, 2.24) is 9.80 Å². The number of likely N-dealkylation sites (tertiary alicyclic amines) is 1. The zero-order valence-corrected chi connectivity index (χ0v) is 11.6.